The molecular formula is C17H23N3. The maximum absolute atomic E-state index is 5.59. The molecule has 1 heterocycles. The molecule has 0 aliphatic heterocycles. The molecule has 2 aromatic rings. The average Bonchev–Trinajstić information content (AvgIpc) is 2.39. The van der Waals surface area contributed by atoms with Gasteiger partial charge in [0.1, 0.15) is 5.82 Å². The van der Waals surface area contributed by atoms with Crippen molar-refractivity contribution < 1.29 is 0 Å². The third-order valence-corrected chi connectivity index (χ3v) is 3.40. The van der Waals surface area contributed by atoms with E-state index in [4.69, 9.17) is 5.73 Å². The minimum atomic E-state index is 0.666. The van der Waals surface area contributed by atoms with Crippen molar-refractivity contribution in [3.63, 3.8) is 0 Å². The Bertz CT molecular complexity index is 578. The van der Waals surface area contributed by atoms with Crippen LogP contribution in [0.3, 0.4) is 0 Å². The molecule has 20 heavy (non-hydrogen) atoms. The van der Waals surface area contributed by atoms with Gasteiger partial charge in [0.05, 0.1) is 0 Å². The molecule has 1 aromatic heterocycles. The quantitative estimate of drug-likeness (QED) is 0.907. The Morgan fingerprint density at radius 3 is 2.60 bits per heavy atom. The summed E-state index contributed by atoms with van der Waals surface area (Å²) >= 11 is 0. The van der Waals surface area contributed by atoms with Crippen LogP contribution in [0.4, 0.5) is 5.82 Å². The summed E-state index contributed by atoms with van der Waals surface area (Å²) in [7, 11) is 2.08. The fourth-order valence-electron chi connectivity index (χ4n) is 2.49. The van der Waals surface area contributed by atoms with Crippen molar-refractivity contribution in [1.29, 1.82) is 0 Å². The molecule has 0 aliphatic carbocycles. The Hall–Kier alpha value is -1.87. The van der Waals surface area contributed by atoms with Crippen LogP contribution in [-0.4, -0.2) is 18.6 Å². The van der Waals surface area contributed by atoms with Crippen LogP contribution in [0.5, 0.6) is 0 Å². The predicted octanol–water partition coefficient (Wildman–Crippen LogP) is 2.84. The van der Waals surface area contributed by atoms with Crippen LogP contribution in [-0.2, 0) is 13.0 Å². The molecule has 0 saturated heterocycles. The molecule has 0 spiro atoms. The largest absolute Gasteiger partial charge is 0.355 e. The van der Waals surface area contributed by atoms with Gasteiger partial charge in [-0.3, -0.25) is 0 Å². The molecule has 0 radical (unpaired) electrons. The fourth-order valence-corrected chi connectivity index (χ4v) is 2.49. The Labute approximate surface area is 121 Å². The summed E-state index contributed by atoms with van der Waals surface area (Å²) in [6.07, 6.45) is 2.82. The van der Waals surface area contributed by atoms with Crippen LogP contribution in [0, 0.1) is 13.8 Å². The highest BCUT2D eigenvalue weighted by atomic mass is 15.2. The van der Waals surface area contributed by atoms with Crippen molar-refractivity contribution in [2.45, 2.75) is 26.8 Å². The molecule has 2 rings (SSSR count). The molecule has 0 aliphatic rings. The second-order valence-corrected chi connectivity index (χ2v) is 5.37. The highest BCUT2D eigenvalue weighted by Crippen LogP contribution is 2.19. The molecule has 1 aromatic carbocycles. The first-order valence-electron chi connectivity index (χ1n) is 7.02. The van der Waals surface area contributed by atoms with E-state index in [0.717, 1.165) is 18.8 Å². The molecule has 0 unspecified atom stereocenters. The van der Waals surface area contributed by atoms with Gasteiger partial charge in [0.15, 0.2) is 0 Å². The van der Waals surface area contributed by atoms with Gasteiger partial charge in [-0.25, -0.2) is 4.98 Å². The first kappa shape index (κ1) is 14.5. The van der Waals surface area contributed by atoms with E-state index in [2.05, 4.69) is 61.1 Å². The van der Waals surface area contributed by atoms with Gasteiger partial charge >= 0.3 is 0 Å². The standard InChI is InChI=1S/C17H23N3/c1-13-5-4-6-16(9-13)12-20(3)17-14(2)10-15(7-8-18)11-19-17/h4-6,9-11H,7-8,12,18H2,1-3H3. The minimum absolute atomic E-state index is 0.666. The van der Waals surface area contributed by atoms with Gasteiger partial charge in [0.25, 0.3) is 0 Å². The van der Waals surface area contributed by atoms with E-state index >= 15 is 0 Å². The van der Waals surface area contributed by atoms with Crippen molar-refractivity contribution in [2.75, 3.05) is 18.5 Å². The summed E-state index contributed by atoms with van der Waals surface area (Å²) in [5.41, 5.74) is 10.6. The Balaban J connectivity index is 2.14. The van der Waals surface area contributed by atoms with E-state index in [1.807, 2.05) is 6.20 Å². The molecule has 106 valence electrons. The summed E-state index contributed by atoms with van der Waals surface area (Å²) < 4.78 is 0. The predicted molar refractivity (Wildman–Crippen MR) is 85.0 cm³/mol. The number of aromatic nitrogens is 1. The van der Waals surface area contributed by atoms with Gasteiger partial charge in [-0.1, -0.05) is 35.9 Å². The summed E-state index contributed by atoms with van der Waals surface area (Å²) in [4.78, 5) is 6.78. The van der Waals surface area contributed by atoms with Gasteiger partial charge in [0.2, 0.25) is 0 Å². The van der Waals surface area contributed by atoms with Crippen LogP contribution in [0.25, 0.3) is 0 Å². The van der Waals surface area contributed by atoms with E-state index in [1.165, 1.54) is 22.3 Å². The average molecular weight is 269 g/mol. The zero-order valence-corrected chi connectivity index (χ0v) is 12.6. The lowest BCUT2D eigenvalue weighted by Gasteiger charge is -2.21. The van der Waals surface area contributed by atoms with Crippen LogP contribution in [0.2, 0.25) is 0 Å². The van der Waals surface area contributed by atoms with Gasteiger partial charge in [-0.15, -0.1) is 0 Å². The third kappa shape index (κ3) is 3.58. The third-order valence-electron chi connectivity index (χ3n) is 3.40. The zero-order valence-electron chi connectivity index (χ0n) is 12.6. The van der Waals surface area contributed by atoms with Gasteiger partial charge in [-0.05, 0) is 43.5 Å². The number of nitrogens with zero attached hydrogens (tertiary/aromatic N) is 2. The van der Waals surface area contributed by atoms with Crippen molar-refractivity contribution in [3.05, 3.63) is 58.8 Å². The Morgan fingerprint density at radius 2 is 1.95 bits per heavy atom. The van der Waals surface area contributed by atoms with Crippen molar-refractivity contribution >= 4 is 5.82 Å². The number of hydrogen-bond acceptors (Lipinski definition) is 3. The molecule has 3 heteroatoms. The summed E-state index contributed by atoms with van der Waals surface area (Å²) in [6.45, 7) is 5.76. The van der Waals surface area contributed by atoms with Crippen LogP contribution >= 0.6 is 0 Å². The number of rotatable bonds is 5. The molecule has 0 fully saturated rings. The molecule has 3 nitrogen and oxygen atoms in total. The van der Waals surface area contributed by atoms with Crippen LogP contribution in [0.15, 0.2) is 36.5 Å². The highest BCUT2D eigenvalue weighted by Gasteiger charge is 2.08. The summed E-state index contributed by atoms with van der Waals surface area (Å²) in [6, 6.07) is 10.8. The molecular weight excluding hydrogens is 246 g/mol. The lowest BCUT2D eigenvalue weighted by molar-refractivity contribution is 0.880. The smallest absolute Gasteiger partial charge is 0.131 e. The number of hydrogen-bond donors (Lipinski definition) is 1. The molecule has 0 atom stereocenters. The minimum Gasteiger partial charge on any atom is -0.355 e. The van der Waals surface area contributed by atoms with Crippen molar-refractivity contribution in [2.24, 2.45) is 5.73 Å². The summed E-state index contributed by atoms with van der Waals surface area (Å²) in [5.74, 6) is 1.03. The summed E-state index contributed by atoms with van der Waals surface area (Å²) in [5, 5.41) is 0. The van der Waals surface area contributed by atoms with Crippen molar-refractivity contribution in [3.8, 4) is 0 Å². The second kappa shape index (κ2) is 6.53. The van der Waals surface area contributed by atoms with E-state index < -0.39 is 0 Å². The SMILES string of the molecule is Cc1cccc(CN(C)c2ncc(CCN)cc2C)c1. The number of benzene rings is 1. The topological polar surface area (TPSA) is 42.2 Å². The zero-order chi connectivity index (χ0) is 14.5. The van der Waals surface area contributed by atoms with Gasteiger partial charge in [0, 0.05) is 19.8 Å². The van der Waals surface area contributed by atoms with Crippen LogP contribution in [0.1, 0.15) is 22.3 Å². The van der Waals surface area contributed by atoms with Gasteiger partial charge in [-0.2, -0.15) is 0 Å². The van der Waals surface area contributed by atoms with E-state index in [-0.39, 0.29) is 0 Å². The van der Waals surface area contributed by atoms with Crippen molar-refractivity contribution in [1.82, 2.24) is 4.98 Å². The second-order valence-electron chi connectivity index (χ2n) is 5.37. The monoisotopic (exact) mass is 269 g/mol. The fraction of sp³-hybridized carbons (Fsp3) is 0.353. The van der Waals surface area contributed by atoms with E-state index in [1.54, 1.807) is 0 Å². The van der Waals surface area contributed by atoms with Crippen LogP contribution < -0.4 is 10.6 Å². The molecule has 0 saturated carbocycles. The molecule has 2 N–H and O–H groups in total. The Morgan fingerprint density at radius 1 is 1.15 bits per heavy atom. The molecule has 0 bridgehead atoms. The normalized spacial score (nSPS) is 10.6. The van der Waals surface area contributed by atoms with E-state index in [9.17, 15) is 0 Å². The highest BCUT2D eigenvalue weighted by molar-refractivity contribution is 5.47. The maximum atomic E-state index is 5.59. The lowest BCUT2D eigenvalue weighted by atomic mass is 10.1. The first-order chi connectivity index (χ1) is 9.60. The number of aryl methyl sites for hydroxylation is 2. The first-order valence-corrected chi connectivity index (χ1v) is 7.02. The Kier molecular flexibility index (Phi) is 4.74. The van der Waals surface area contributed by atoms with Gasteiger partial charge < -0.3 is 10.6 Å². The number of nitrogens with two attached hydrogens (primary N) is 1. The number of anilines is 1. The lowest BCUT2D eigenvalue weighted by Crippen LogP contribution is -2.19. The molecule has 0 amide bonds. The number of pyridine rings is 1. The van der Waals surface area contributed by atoms with E-state index in [0.29, 0.717) is 6.54 Å². The maximum Gasteiger partial charge on any atom is 0.131 e.